The number of aromatic nitrogens is 2. The number of unbranched alkanes of at least 4 members (excludes halogenated alkanes) is 1. The summed E-state index contributed by atoms with van der Waals surface area (Å²) in [7, 11) is 0. The van der Waals surface area contributed by atoms with Crippen molar-refractivity contribution in [3.8, 4) is 11.1 Å². The molecule has 2 amide bonds. The van der Waals surface area contributed by atoms with Crippen molar-refractivity contribution in [1.82, 2.24) is 20.2 Å². The summed E-state index contributed by atoms with van der Waals surface area (Å²) in [5.41, 5.74) is 2.77. The number of carbonyl (C=O) groups excluding carboxylic acids is 2. The first-order valence-corrected chi connectivity index (χ1v) is 12.6. The van der Waals surface area contributed by atoms with E-state index in [4.69, 9.17) is 0 Å². The molecule has 0 atom stereocenters. The van der Waals surface area contributed by atoms with Gasteiger partial charge in [-0.25, -0.2) is 14.4 Å². The number of anilines is 1. The Labute approximate surface area is 207 Å². The van der Waals surface area contributed by atoms with Crippen LogP contribution in [0.15, 0.2) is 47.5 Å². The molecule has 180 valence electrons. The zero-order valence-electron chi connectivity index (χ0n) is 19.5. The largest absolute Gasteiger partial charge is 0.367 e. The predicted molar refractivity (Wildman–Crippen MR) is 138 cm³/mol. The van der Waals surface area contributed by atoms with Crippen molar-refractivity contribution in [2.24, 2.45) is 0 Å². The zero-order valence-corrected chi connectivity index (χ0v) is 20.3. The molecule has 1 N–H and O–H groups in total. The van der Waals surface area contributed by atoms with Gasteiger partial charge in [-0.05, 0) is 42.4 Å². The van der Waals surface area contributed by atoms with Crippen molar-refractivity contribution in [2.45, 2.75) is 19.8 Å². The van der Waals surface area contributed by atoms with E-state index in [0.717, 1.165) is 61.0 Å². The Balaban J connectivity index is 1.41. The fraction of sp³-hybridized carbons (Fsp3) is 0.308. The molecule has 2 fully saturated rings. The Bertz CT molecular complexity index is 1320. The highest BCUT2D eigenvalue weighted by molar-refractivity contribution is 8.18. The third-order valence-corrected chi connectivity index (χ3v) is 7.14. The third-order valence-electron chi connectivity index (χ3n) is 6.33. The quantitative estimate of drug-likeness (QED) is 0.502. The number of para-hydroxylation sites is 1. The number of nitrogens with one attached hydrogen (secondary N) is 1. The molecule has 0 aliphatic carbocycles. The molecule has 0 spiro atoms. The summed E-state index contributed by atoms with van der Waals surface area (Å²) in [5.74, 6) is -0.397. The number of nitrogens with zero attached hydrogens (tertiary/aromatic N) is 4. The number of carbonyl (C=O) groups is 2. The van der Waals surface area contributed by atoms with Crippen LogP contribution >= 0.6 is 11.8 Å². The Morgan fingerprint density at radius 1 is 1.14 bits per heavy atom. The first-order valence-electron chi connectivity index (χ1n) is 11.8. The molecule has 3 aromatic rings. The third kappa shape index (κ3) is 5.06. The average molecular weight is 492 g/mol. The topological polar surface area (TPSA) is 78.4 Å². The predicted octanol–water partition coefficient (Wildman–Crippen LogP) is 4.68. The Kier molecular flexibility index (Phi) is 6.79. The number of amides is 2. The number of imide groups is 1. The van der Waals surface area contributed by atoms with Gasteiger partial charge in [-0.3, -0.25) is 19.8 Å². The number of halogens is 1. The molecule has 2 aliphatic heterocycles. The molecule has 9 heteroatoms. The second-order valence-electron chi connectivity index (χ2n) is 8.67. The zero-order chi connectivity index (χ0) is 24.4. The summed E-state index contributed by atoms with van der Waals surface area (Å²) < 4.78 is 15.3. The number of hydrogen-bond donors (Lipinski definition) is 1. The van der Waals surface area contributed by atoms with Crippen molar-refractivity contribution in [2.75, 3.05) is 37.6 Å². The fourth-order valence-corrected chi connectivity index (χ4v) is 5.09. The number of hydrogen-bond acceptors (Lipinski definition) is 7. The van der Waals surface area contributed by atoms with Crippen LogP contribution in [0.1, 0.15) is 25.6 Å². The maximum atomic E-state index is 15.3. The minimum Gasteiger partial charge on any atom is -0.367 e. The summed E-state index contributed by atoms with van der Waals surface area (Å²) >= 11 is 0.820. The Hall–Kier alpha value is -3.30. The molecule has 7 nitrogen and oxygen atoms in total. The van der Waals surface area contributed by atoms with Gasteiger partial charge in [0.25, 0.3) is 11.1 Å². The molecule has 1 aromatic heterocycles. The van der Waals surface area contributed by atoms with E-state index in [1.807, 2.05) is 30.3 Å². The van der Waals surface area contributed by atoms with Crippen LogP contribution in [0, 0.1) is 5.82 Å². The Morgan fingerprint density at radius 2 is 1.97 bits per heavy atom. The van der Waals surface area contributed by atoms with E-state index in [1.54, 1.807) is 12.3 Å². The molecule has 3 heterocycles. The highest BCUT2D eigenvalue weighted by atomic mass is 32.2. The van der Waals surface area contributed by atoms with Crippen LogP contribution in [0.4, 0.5) is 14.9 Å². The molecule has 2 aromatic carbocycles. The molecule has 0 bridgehead atoms. The van der Waals surface area contributed by atoms with Crippen LogP contribution in [0.5, 0.6) is 0 Å². The van der Waals surface area contributed by atoms with Gasteiger partial charge in [0.2, 0.25) is 0 Å². The highest BCUT2D eigenvalue weighted by Crippen LogP contribution is 2.32. The van der Waals surface area contributed by atoms with Gasteiger partial charge >= 0.3 is 0 Å². The molecule has 0 unspecified atom stereocenters. The standard InChI is InChI=1S/C26H26FN5O2S/c1-2-3-9-31-10-12-32(13-11-31)21-8-7-17(14-20(21)27)19-6-4-5-18-16-28-23(29-24(18)19)15-22-25(33)30-26(34)35-22/h4-8,14-16H,2-3,9-13H2,1H3,(H,30,33,34). The second-order valence-corrected chi connectivity index (χ2v) is 9.69. The maximum Gasteiger partial charge on any atom is 0.290 e. The summed E-state index contributed by atoms with van der Waals surface area (Å²) in [5, 5.41) is 2.61. The lowest BCUT2D eigenvalue weighted by Crippen LogP contribution is -2.46. The van der Waals surface area contributed by atoms with Crippen LogP contribution in [0.3, 0.4) is 0 Å². The molecule has 0 saturated carbocycles. The lowest BCUT2D eigenvalue weighted by molar-refractivity contribution is -0.115. The summed E-state index contributed by atoms with van der Waals surface area (Å²) in [6, 6.07) is 11.0. The van der Waals surface area contributed by atoms with Gasteiger partial charge in [0.1, 0.15) is 5.82 Å². The van der Waals surface area contributed by atoms with E-state index in [1.165, 1.54) is 18.9 Å². The van der Waals surface area contributed by atoms with Gasteiger partial charge in [-0.15, -0.1) is 0 Å². The SMILES string of the molecule is CCCCN1CCN(c2ccc(-c3cccc4cnc(C=C5SC(=O)NC5=O)nc34)cc2F)CC1. The van der Waals surface area contributed by atoms with Gasteiger partial charge in [0.05, 0.1) is 16.1 Å². The van der Waals surface area contributed by atoms with Crippen molar-refractivity contribution in [3.63, 3.8) is 0 Å². The summed E-state index contributed by atoms with van der Waals surface area (Å²) in [4.78, 5) is 37.1. The van der Waals surface area contributed by atoms with Gasteiger partial charge in [-0.1, -0.05) is 37.6 Å². The smallest absolute Gasteiger partial charge is 0.290 e. The van der Waals surface area contributed by atoms with Crippen LogP contribution in [0.2, 0.25) is 0 Å². The van der Waals surface area contributed by atoms with Gasteiger partial charge in [-0.2, -0.15) is 0 Å². The summed E-state index contributed by atoms with van der Waals surface area (Å²) in [6.45, 7) is 6.82. The molecule has 5 rings (SSSR count). The monoisotopic (exact) mass is 491 g/mol. The van der Waals surface area contributed by atoms with E-state index < -0.39 is 11.1 Å². The second kappa shape index (κ2) is 10.1. The summed E-state index contributed by atoms with van der Waals surface area (Å²) in [6.07, 6.45) is 5.54. The van der Waals surface area contributed by atoms with Gasteiger partial charge < -0.3 is 4.90 Å². The van der Waals surface area contributed by atoms with Crippen molar-refractivity contribution >= 4 is 45.6 Å². The molecule has 2 aliphatic rings. The van der Waals surface area contributed by atoms with Crippen molar-refractivity contribution < 1.29 is 14.0 Å². The number of rotatable bonds is 6. The lowest BCUT2D eigenvalue weighted by atomic mass is 10.0. The number of fused-ring (bicyclic) bond motifs is 1. The number of benzene rings is 2. The normalized spacial score (nSPS) is 18.0. The van der Waals surface area contributed by atoms with E-state index >= 15 is 4.39 Å². The van der Waals surface area contributed by atoms with Gasteiger partial charge in [0, 0.05) is 49.4 Å². The minimum absolute atomic E-state index is 0.247. The molecule has 2 saturated heterocycles. The highest BCUT2D eigenvalue weighted by Gasteiger charge is 2.25. The molecular weight excluding hydrogens is 465 g/mol. The molecular formula is C26H26FN5O2S. The first kappa shape index (κ1) is 23.4. The first-order chi connectivity index (χ1) is 17.0. The molecule has 0 radical (unpaired) electrons. The van der Waals surface area contributed by atoms with E-state index in [0.29, 0.717) is 17.0 Å². The van der Waals surface area contributed by atoms with Crippen LogP contribution < -0.4 is 10.2 Å². The lowest BCUT2D eigenvalue weighted by Gasteiger charge is -2.36. The number of thioether (sulfide) groups is 1. The van der Waals surface area contributed by atoms with Crippen LogP contribution in [0.25, 0.3) is 28.1 Å². The minimum atomic E-state index is -0.458. The maximum absolute atomic E-state index is 15.3. The Morgan fingerprint density at radius 3 is 2.69 bits per heavy atom. The van der Waals surface area contributed by atoms with Crippen molar-refractivity contribution in [3.05, 3.63) is 59.1 Å². The van der Waals surface area contributed by atoms with E-state index in [-0.39, 0.29) is 10.7 Å². The van der Waals surface area contributed by atoms with Crippen LogP contribution in [-0.4, -0.2) is 58.7 Å². The number of piperazine rings is 1. The fourth-order valence-electron chi connectivity index (χ4n) is 4.44. The van der Waals surface area contributed by atoms with E-state index in [9.17, 15) is 9.59 Å². The van der Waals surface area contributed by atoms with E-state index in [2.05, 4.69) is 32.0 Å². The average Bonchev–Trinajstić information content (AvgIpc) is 3.18. The van der Waals surface area contributed by atoms with Crippen LogP contribution in [-0.2, 0) is 4.79 Å². The molecule has 35 heavy (non-hydrogen) atoms. The van der Waals surface area contributed by atoms with Crippen molar-refractivity contribution in [1.29, 1.82) is 0 Å². The van der Waals surface area contributed by atoms with Gasteiger partial charge in [0.15, 0.2) is 5.82 Å².